The van der Waals surface area contributed by atoms with Crippen LogP contribution in [0.15, 0.2) is 18.2 Å². The van der Waals surface area contributed by atoms with Gasteiger partial charge >= 0.3 is 6.18 Å². The molecule has 0 aliphatic heterocycles. The van der Waals surface area contributed by atoms with E-state index in [1.807, 2.05) is 0 Å². The molecule has 1 N–H and O–H groups in total. The summed E-state index contributed by atoms with van der Waals surface area (Å²) in [6.07, 6.45) is -2.72. The Bertz CT molecular complexity index is 754. The Kier molecular flexibility index (Phi) is 4.20. The molecule has 1 aromatic heterocycles. The number of benzene rings is 1. The Morgan fingerprint density at radius 2 is 2.08 bits per heavy atom. The number of carbonyl (C=O) groups is 1. The molecule has 2 aromatic rings. The van der Waals surface area contributed by atoms with Gasteiger partial charge in [-0.2, -0.15) is 18.0 Å². The SMILES string of the molecule is O=C(Cn1nnc(C2CC2)n1)NCc1ccc(C(F)(F)F)c(F)c1. The predicted molar refractivity (Wildman–Crippen MR) is 73.0 cm³/mol. The Morgan fingerprint density at radius 1 is 1.33 bits per heavy atom. The average molecular weight is 343 g/mol. The van der Waals surface area contributed by atoms with Crippen molar-refractivity contribution < 1.29 is 22.4 Å². The highest BCUT2D eigenvalue weighted by Crippen LogP contribution is 2.37. The van der Waals surface area contributed by atoms with Crippen LogP contribution in [0.4, 0.5) is 17.6 Å². The lowest BCUT2D eigenvalue weighted by molar-refractivity contribution is -0.140. The summed E-state index contributed by atoms with van der Waals surface area (Å²) in [5, 5.41) is 14.1. The smallest absolute Gasteiger partial charge is 0.350 e. The van der Waals surface area contributed by atoms with Crippen LogP contribution < -0.4 is 5.32 Å². The Labute approximate surface area is 133 Å². The molecule has 10 heteroatoms. The maximum absolute atomic E-state index is 13.4. The summed E-state index contributed by atoms with van der Waals surface area (Å²) >= 11 is 0. The van der Waals surface area contributed by atoms with Crippen molar-refractivity contribution in [3.63, 3.8) is 0 Å². The van der Waals surface area contributed by atoms with Gasteiger partial charge in [-0.3, -0.25) is 4.79 Å². The van der Waals surface area contributed by atoms with Gasteiger partial charge in [0.25, 0.3) is 0 Å². The number of nitrogens with one attached hydrogen (secondary N) is 1. The number of carbonyl (C=O) groups excluding carboxylic acids is 1. The van der Waals surface area contributed by atoms with Crippen molar-refractivity contribution in [3.05, 3.63) is 41.0 Å². The lowest BCUT2D eigenvalue weighted by atomic mass is 10.1. The van der Waals surface area contributed by atoms with E-state index >= 15 is 0 Å². The van der Waals surface area contributed by atoms with E-state index in [0.717, 1.165) is 29.8 Å². The van der Waals surface area contributed by atoms with E-state index in [4.69, 9.17) is 0 Å². The van der Waals surface area contributed by atoms with E-state index in [-0.39, 0.29) is 18.7 Å². The van der Waals surface area contributed by atoms with Crippen LogP contribution in [-0.2, 0) is 24.1 Å². The first-order valence-electron chi connectivity index (χ1n) is 7.23. The molecular weight excluding hydrogens is 330 g/mol. The van der Waals surface area contributed by atoms with Crippen molar-refractivity contribution >= 4 is 5.91 Å². The molecule has 24 heavy (non-hydrogen) atoms. The van der Waals surface area contributed by atoms with Crippen LogP contribution >= 0.6 is 0 Å². The highest BCUT2D eigenvalue weighted by atomic mass is 19.4. The van der Waals surface area contributed by atoms with Crippen molar-refractivity contribution in [1.29, 1.82) is 0 Å². The number of hydrogen-bond acceptors (Lipinski definition) is 4. The van der Waals surface area contributed by atoms with Crippen LogP contribution in [0.2, 0.25) is 0 Å². The molecule has 1 amide bonds. The van der Waals surface area contributed by atoms with E-state index in [1.54, 1.807) is 0 Å². The van der Waals surface area contributed by atoms with E-state index in [9.17, 15) is 22.4 Å². The number of alkyl halides is 3. The second-order valence-electron chi connectivity index (χ2n) is 5.54. The van der Waals surface area contributed by atoms with Gasteiger partial charge in [0.05, 0.1) is 5.56 Å². The number of rotatable bonds is 5. The summed E-state index contributed by atoms with van der Waals surface area (Å²) in [6, 6.07) is 2.52. The van der Waals surface area contributed by atoms with Crippen LogP contribution in [0, 0.1) is 5.82 Å². The third kappa shape index (κ3) is 3.87. The fraction of sp³-hybridized carbons (Fsp3) is 0.429. The first kappa shape index (κ1) is 16.3. The molecule has 128 valence electrons. The van der Waals surface area contributed by atoms with Gasteiger partial charge in [-0.1, -0.05) is 6.07 Å². The zero-order chi connectivity index (χ0) is 17.3. The fourth-order valence-electron chi connectivity index (χ4n) is 2.11. The maximum atomic E-state index is 13.4. The van der Waals surface area contributed by atoms with Crippen LogP contribution in [0.25, 0.3) is 0 Å². The summed E-state index contributed by atoms with van der Waals surface area (Å²) in [5.41, 5.74) is -1.11. The molecule has 1 saturated carbocycles. The molecule has 1 aromatic carbocycles. The molecule has 0 atom stereocenters. The maximum Gasteiger partial charge on any atom is 0.419 e. The number of amides is 1. The van der Waals surface area contributed by atoms with Crippen molar-refractivity contribution in [2.45, 2.75) is 38.0 Å². The first-order valence-corrected chi connectivity index (χ1v) is 7.23. The van der Waals surface area contributed by atoms with Gasteiger partial charge in [0.2, 0.25) is 5.91 Å². The average Bonchev–Trinajstić information content (AvgIpc) is 3.24. The van der Waals surface area contributed by atoms with Crippen molar-refractivity contribution in [2.75, 3.05) is 0 Å². The number of tetrazole rings is 1. The minimum atomic E-state index is -4.75. The van der Waals surface area contributed by atoms with E-state index in [0.29, 0.717) is 17.8 Å². The third-order valence-corrected chi connectivity index (χ3v) is 3.52. The Hall–Kier alpha value is -2.52. The quantitative estimate of drug-likeness (QED) is 0.843. The molecular formula is C14H13F4N5O. The molecule has 0 unspecified atom stereocenters. The van der Waals surface area contributed by atoms with Crippen LogP contribution in [0.3, 0.4) is 0 Å². The van der Waals surface area contributed by atoms with Gasteiger partial charge in [0.15, 0.2) is 5.82 Å². The standard InChI is InChI=1S/C14H13F4N5O/c15-11-5-8(1-4-10(11)14(16,17)18)6-19-12(24)7-23-21-13(20-22-23)9-2-3-9/h1,4-5,9H,2-3,6-7H2,(H,19,24). The first-order chi connectivity index (χ1) is 11.3. The van der Waals surface area contributed by atoms with E-state index in [1.165, 1.54) is 0 Å². The van der Waals surface area contributed by atoms with Crippen LogP contribution in [0.5, 0.6) is 0 Å². The fourth-order valence-corrected chi connectivity index (χ4v) is 2.11. The van der Waals surface area contributed by atoms with Gasteiger partial charge in [-0.25, -0.2) is 4.39 Å². The minimum absolute atomic E-state index is 0.0991. The van der Waals surface area contributed by atoms with Crippen molar-refractivity contribution in [3.8, 4) is 0 Å². The number of aromatic nitrogens is 4. The van der Waals surface area contributed by atoms with Crippen LogP contribution in [0.1, 0.15) is 35.7 Å². The third-order valence-electron chi connectivity index (χ3n) is 3.52. The highest BCUT2D eigenvalue weighted by Gasteiger charge is 2.33. The molecule has 6 nitrogen and oxygen atoms in total. The van der Waals surface area contributed by atoms with Gasteiger partial charge in [0, 0.05) is 12.5 Å². The molecule has 1 heterocycles. The molecule has 0 radical (unpaired) electrons. The summed E-state index contributed by atoms with van der Waals surface area (Å²) in [4.78, 5) is 12.9. The molecule has 0 saturated heterocycles. The predicted octanol–water partition coefficient (Wildman–Crippen LogP) is 2.02. The second-order valence-corrected chi connectivity index (χ2v) is 5.54. The van der Waals surface area contributed by atoms with Gasteiger partial charge in [-0.05, 0) is 35.8 Å². The molecule has 3 rings (SSSR count). The van der Waals surface area contributed by atoms with Crippen molar-refractivity contribution in [1.82, 2.24) is 25.5 Å². The lowest BCUT2D eigenvalue weighted by Crippen LogP contribution is -2.28. The molecule has 0 bridgehead atoms. The van der Waals surface area contributed by atoms with E-state index < -0.39 is 23.5 Å². The zero-order valence-corrected chi connectivity index (χ0v) is 12.3. The summed E-state index contributed by atoms with van der Waals surface area (Å²) < 4.78 is 50.8. The summed E-state index contributed by atoms with van der Waals surface area (Å²) in [5.74, 6) is -0.902. The largest absolute Gasteiger partial charge is 0.419 e. The topological polar surface area (TPSA) is 72.7 Å². The highest BCUT2D eigenvalue weighted by molar-refractivity contribution is 5.75. The van der Waals surface area contributed by atoms with Gasteiger partial charge in [0.1, 0.15) is 12.4 Å². The Balaban J connectivity index is 1.54. The molecule has 1 aliphatic rings. The van der Waals surface area contributed by atoms with Gasteiger partial charge < -0.3 is 5.32 Å². The zero-order valence-electron chi connectivity index (χ0n) is 12.3. The second kappa shape index (κ2) is 6.17. The monoisotopic (exact) mass is 343 g/mol. The molecule has 1 fully saturated rings. The summed E-state index contributed by atoms with van der Waals surface area (Å²) in [7, 11) is 0. The number of nitrogens with zero attached hydrogens (tertiary/aromatic N) is 4. The van der Waals surface area contributed by atoms with Crippen molar-refractivity contribution in [2.24, 2.45) is 0 Å². The Morgan fingerprint density at radius 3 is 2.71 bits per heavy atom. The minimum Gasteiger partial charge on any atom is -0.350 e. The normalized spacial score (nSPS) is 14.7. The number of hydrogen-bond donors (Lipinski definition) is 1. The number of halogens is 4. The van der Waals surface area contributed by atoms with Gasteiger partial charge in [-0.15, -0.1) is 10.2 Å². The summed E-state index contributed by atoms with van der Waals surface area (Å²) in [6.45, 7) is -0.263. The van der Waals surface area contributed by atoms with E-state index in [2.05, 4.69) is 20.7 Å². The van der Waals surface area contributed by atoms with Crippen LogP contribution in [-0.4, -0.2) is 26.1 Å². The molecule has 1 aliphatic carbocycles. The lowest BCUT2D eigenvalue weighted by Gasteiger charge is -2.10. The molecule has 0 spiro atoms.